The number of benzene rings is 4. The molecule has 0 saturated carbocycles. The van der Waals surface area contributed by atoms with Gasteiger partial charge in [0.25, 0.3) is 0 Å². The van der Waals surface area contributed by atoms with Gasteiger partial charge in [0.2, 0.25) is 0 Å². The van der Waals surface area contributed by atoms with Gasteiger partial charge in [-0.2, -0.15) is 0 Å². The molecule has 0 aliphatic heterocycles. The summed E-state index contributed by atoms with van der Waals surface area (Å²) in [4.78, 5) is 0. The molecule has 0 bridgehead atoms. The first-order valence-electron chi connectivity index (χ1n) is 18.2. The van der Waals surface area contributed by atoms with Crippen molar-refractivity contribution in [2.75, 3.05) is 0 Å². The van der Waals surface area contributed by atoms with Gasteiger partial charge in [-0.25, -0.2) is 0 Å². The van der Waals surface area contributed by atoms with E-state index in [0.717, 1.165) is 19.3 Å². The SMILES string of the molecule is CCc1cc2c(c([Si](C)(C)C)c1)-c1c(c(C3=CC=CC3)c(CC)c([Si](C)(C)C)c1[Si](C)(C)C)[CH]2[Zr]=[C](c1ccccc1)c1ccccc1. The zero-order valence-electron chi connectivity index (χ0n) is 31.4. The normalized spacial score (nSPS) is 15.6. The van der Waals surface area contributed by atoms with Crippen LogP contribution in [0.15, 0.2) is 91.0 Å². The van der Waals surface area contributed by atoms with Gasteiger partial charge in [-0.1, -0.05) is 0 Å². The molecule has 0 N–H and O–H groups in total. The fourth-order valence-corrected chi connectivity index (χ4v) is 20.6. The number of aryl methyl sites for hydroxylation is 1. The zero-order valence-corrected chi connectivity index (χ0v) is 36.8. The quantitative estimate of drug-likeness (QED) is 0.149. The fourth-order valence-electron chi connectivity index (χ4n) is 8.32. The molecule has 6 rings (SSSR count). The summed E-state index contributed by atoms with van der Waals surface area (Å²) in [5.41, 5.74) is 16.1. The average Bonchev–Trinajstić information content (AvgIpc) is 3.68. The standard InChI is InChI=1S/C31H45Si3.C13H10.Zr/c1-12-21-18-23-20-25-27(22-16-14-15-17-22)24(13-2)30(33(6,7)8)31(34(9,10)11)29(25)28(23)26(19-21)32(3,4)5;1-3-7-12(8-4-1)11-13-9-5-2-6-10-13;/h14-16,18-20H,12-13,17H2,1-11H3;1-10H;. The van der Waals surface area contributed by atoms with E-state index in [4.69, 9.17) is 0 Å². The van der Waals surface area contributed by atoms with E-state index in [-0.39, 0.29) is 0 Å². The van der Waals surface area contributed by atoms with Crippen molar-refractivity contribution in [3.05, 3.63) is 130 Å². The third-order valence-corrected chi connectivity index (χ3v) is 20.9. The summed E-state index contributed by atoms with van der Waals surface area (Å²) >= 11 is -1.28. The Kier molecular flexibility index (Phi) is 9.99. The topological polar surface area (TPSA) is 0 Å². The van der Waals surface area contributed by atoms with Crippen LogP contribution in [0.4, 0.5) is 0 Å². The molecule has 0 radical (unpaired) electrons. The van der Waals surface area contributed by atoms with Crippen molar-refractivity contribution in [1.82, 2.24) is 0 Å². The van der Waals surface area contributed by atoms with E-state index in [9.17, 15) is 0 Å². The van der Waals surface area contributed by atoms with E-state index in [2.05, 4.69) is 164 Å². The minimum absolute atomic E-state index is 0.475. The molecule has 0 heterocycles. The molecule has 0 fully saturated rings. The molecule has 0 nitrogen and oxygen atoms in total. The molecular formula is C44H55Si3Zr. The van der Waals surface area contributed by atoms with Crippen LogP contribution in [0.25, 0.3) is 16.7 Å². The number of fused-ring (bicyclic) bond motifs is 3. The maximum absolute atomic E-state index is 2.69. The summed E-state index contributed by atoms with van der Waals surface area (Å²) in [6.45, 7) is 28.4. The Hall–Kier alpha value is -2.24. The second kappa shape index (κ2) is 13.5. The molecule has 247 valence electrons. The predicted octanol–water partition coefficient (Wildman–Crippen LogP) is 10.2. The van der Waals surface area contributed by atoms with Crippen LogP contribution in [-0.2, 0) is 35.6 Å². The fraction of sp³-hybridized carbons (Fsp3) is 0.341. The number of hydrogen-bond acceptors (Lipinski definition) is 0. The van der Waals surface area contributed by atoms with Crippen LogP contribution in [0.3, 0.4) is 0 Å². The summed E-state index contributed by atoms with van der Waals surface area (Å²) in [7, 11) is -5.24. The first-order chi connectivity index (χ1) is 22.7. The van der Waals surface area contributed by atoms with Gasteiger partial charge in [-0.3, -0.25) is 0 Å². The van der Waals surface area contributed by atoms with E-state index in [1.54, 1.807) is 52.5 Å². The Morgan fingerprint density at radius 1 is 0.667 bits per heavy atom. The van der Waals surface area contributed by atoms with Crippen molar-refractivity contribution in [2.24, 2.45) is 0 Å². The van der Waals surface area contributed by atoms with E-state index >= 15 is 0 Å². The van der Waals surface area contributed by atoms with Crippen molar-refractivity contribution >= 4 is 48.6 Å². The van der Waals surface area contributed by atoms with Gasteiger partial charge >= 0.3 is 308 Å². The third kappa shape index (κ3) is 6.52. The van der Waals surface area contributed by atoms with Gasteiger partial charge in [-0.05, 0) is 0 Å². The minimum atomic E-state index is -1.80. The molecule has 1 unspecified atom stereocenters. The summed E-state index contributed by atoms with van der Waals surface area (Å²) in [6, 6.07) is 28.2. The van der Waals surface area contributed by atoms with Crippen LogP contribution in [-0.4, -0.2) is 27.4 Å². The molecule has 0 aromatic heterocycles. The Morgan fingerprint density at radius 2 is 1.25 bits per heavy atom. The Bertz CT molecular complexity index is 1900. The van der Waals surface area contributed by atoms with Crippen LogP contribution in [0, 0.1) is 0 Å². The zero-order chi connectivity index (χ0) is 34.6. The maximum atomic E-state index is 2.69. The monoisotopic (exact) mass is 757 g/mol. The van der Waals surface area contributed by atoms with Crippen molar-refractivity contribution in [3.8, 4) is 11.1 Å². The van der Waals surface area contributed by atoms with Gasteiger partial charge in [0.1, 0.15) is 0 Å². The van der Waals surface area contributed by atoms with Gasteiger partial charge in [0, 0.05) is 0 Å². The van der Waals surface area contributed by atoms with Crippen molar-refractivity contribution in [3.63, 3.8) is 0 Å². The van der Waals surface area contributed by atoms with E-state index in [0.29, 0.717) is 3.63 Å². The van der Waals surface area contributed by atoms with Crippen LogP contribution in [0.2, 0.25) is 58.9 Å². The van der Waals surface area contributed by atoms with Crippen molar-refractivity contribution in [1.29, 1.82) is 0 Å². The third-order valence-electron chi connectivity index (χ3n) is 10.3. The van der Waals surface area contributed by atoms with Gasteiger partial charge in [0.05, 0.1) is 0 Å². The summed E-state index contributed by atoms with van der Waals surface area (Å²) in [5, 5.41) is 5.33. The molecule has 1 atom stereocenters. The summed E-state index contributed by atoms with van der Waals surface area (Å²) in [6.07, 6.45) is 10.5. The Labute approximate surface area is 305 Å². The van der Waals surface area contributed by atoms with Crippen LogP contribution in [0.5, 0.6) is 0 Å². The Morgan fingerprint density at radius 3 is 1.71 bits per heavy atom. The van der Waals surface area contributed by atoms with E-state index < -0.39 is 47.0 Å². The first kappa shape index (κ1) is 35.6. The van der Waals surface area contributed by atoms with Gasteiger partial charge < -0.3 is 0 Å². The molecule has 0 saturated heterocycles. The van der Waals surface area contributed by atoms with E-state index in [1.165, 1.54) is 16.7 Å². The molecule has 0 spiro atoms. The molecule has 4 aromatic rings. The number of allylic oxidation sites excluding steroid dienone is 4. The van der Waals surface area contributed by atoms with Crippen molar-refractivity contribution < 1.29 is 22.8 Å². The van der Waals surface area contributed by atoms with Crippen LogP contribution in [0.1, 0.15) is 62.8 Å². The number of hydrogen-bond donors (Lipinski definition) is 0. The van der Waals surface area contributed by atoms with Crippen LogP contribution < -0.4 is 15.6 Å². The molecule has 2 aliphatic rings. The molecule has 4 heteroatoms. The first-order valence-corrected chi connectivity index (χ1v) is 31.3. The second-order valence-electron chi connectivity index (χ2n) is 17.0. The average molecular weight is 759 g/mol. The summed E-state index contributed by atoms with van der Waals surface area (Å²) in [5.74, 6) is 0. The van der Waals surface area contributed by atoms with Crippen molar-refractivity contribution in [2.45, 2.75) is 95.7 Å². The molecule has 48 heavy (non-hydrogen) atoms. The molecular weight excluding hydrogens is 704 g/mol. The molecule has 0 amide bonds. The molecule has 2 aliphatic carbocycles. The van der Waals surface area contributed by atoms with Gasteiger partial charge in [0.15, 0.2) is 0 Å². The predicted molar refractivity (Wildman–Crippen MR) is 219 cm³/mol. The Balaban J connectivity index is 1.89. The van der Waals surface area contributed by atoms with Gasteiger partial charge in [-0.15, -0.1) is 0 Å². The summed E-state index contributed by atoms with van der Waals surface area (Å²) < 4.78 is 2.11. The number of rotatable bonds is 9. The van der Waals surface area contributed by atoms with Crippen LogP contribution >= 0.6 is 0 Å². The van der Waals surface area contributed by atoms with E-state index in [1.807, 2.05) is 5.19 Å². The molecule has 4 aromatic carbocycles. The second-order valence-corrected chi connectivity index (χ2v) is 35.4.